The van der Waals surface area contributed by atoms with Crippen LogP contribution in [0.2, 0.25) is 0 Å². The Labute approximate surface area is 133 Å². The number of carbonyl (C=O) groups is 2. The molecule has 1 saturated heterocycles. The van der Waals surface area contributed by atoms with Gasteiger partial charge in [0.05, 0.1) is 6.04 Å². The fourth-order valence-corrected chi connectivity index (χ4v) is 3.39. The first-order valence-corrected chi connectivity index (χ1v) is 8.57. The normalized spacial score (nSPS) is 21.2. The van der Waals surface area contributed by atoms with E-state index < -0.39 is 39.3 Å². The van der Waals surface area contributed by atoms with Gasteiger partial charge < -0.3 is 15.1 Å². The second kappa shape index (κ2) is 6.65. The van der Waals surface area contributed by atoms with E-state index in [0.29, 0.717) is 0 Å². The molecule has 2 rings (SSSR count). The van der Waals surface area contributed by atoms with Crippen molar-refractivity contribution in [1.82, 2.24) is 4.90 Å². The van der Waals surface area contributed by atoms with Crippen LogP contribution in [0.5, 0.6) is 0 Å². The van der Waals surface area contributed by atoms with Crippen LogP contribution in [0.1, 0.15) is 12.0 Å². The number of carboxylic acids is 1. The van der Waals surface area contributed by atoms with E-state index in [4.69, 9.17) is 10.2 Å². The number of aliphatic hydroxyl groups excluding tert-OH is 1. The van der Waals surface area contributed by atoms with E-state index in [0.717, 1.165) is 10.5 Å². The van der Waals surface area contributed by atoms with Crippen molar-refractivity contribution in [1.29, 1.82) is 0 Å². The molecule has 8 nitrogen and oxygen atoms in total. The van der Waals surface area contributed by atoms with Gasteiger partial charge in [0, 0.05) is 13.0 Å². The number of carbonyl (C=O) groups excluding carboxylic acids is 1. The lowest BCUT2D eigenvalue weighted by molar-refractivity contribution is -0.152. The van der Waals surface area contributed by atoms with Gasteiger partial charge in [-0.05, 0) is 12.0 Å². The SMILES string of the molecule is NS(=O)(=O)C1CC(=O)N([C@H](Cc2ccccc2)[C@H](O)C(=O)O)C1. The summed E-state index contributed by atoms with van der Waals surface area (Å²) in [7, 11) is -3.91. The van der Waals surface area contributed by atoms with Crippen LogP contribution < -0.4 is 5.14 Å². The molecular formula is C14H18N2O6S. The predicted octanol–water partition coefficient (Wildman–Crippen LogP) is -1.07. The first kappa shape index (κ1) is 17.4. The highest BCUT2D eigenvalue weighted by molar-refractivity contribution is 7.89. The quantitative estimate of drug-likeness (QED) is 0.602. The summed E-state index contributed by atoms with van der Waals surface area (Å²) in [6.45, 7) is -0.223. The molecule has 0 radical (unpaired) electrons. The highest BCUT2D eigenvalue weighted by Gasteiger charge is 2.43. The van der Waals surface area contributed by atoms with E-state index in [1.807, 2.05) is 0 Å². The summed E-state index contributed by atoms with van der Waals surface area (Å²) in [5, 5.41) is 23.0. The third-order valence-electron chi connectivity index (χ3n) is 3.89. The minimum Gasteiger partial charge on any atom is -0.479 e. The maximum Gasteiger partial charge on any atom is 0.334 e. The zero-order valence-electron chi connectivity index (χ0n) is 12.2. The molecule has 1 unspecified atom stereocenters. The average Bonchev–Trinajstić information content (AvgIpc) is 2.87. The number of aliphatic carboxylic acids is 1. The van der Waals surface area contributed by atoms with E-state index in [1.54, 1.807) is 30.3 Å². The number of primary sulfonamides is 1. The molecule has 1 aliphatic rings. The number of aliphatic hydroxyl groups is 1. The monoisotopic (exact) mass is 342 g/mol. The summed E-state index contributed by atoms with van der Waals surface area (Å²) in [4.78, 5) is 24.3. The summed E-state index contributed by atoms with van der Waals surface area (Å²) in [6, 6.07) is 7.69. The van der Waals surface area contributed by atoms with Crippen molar-refractivity contribution in [3.63, 3.8) is 0 Å². The Bertz CT molecular complexity index is 690. The molecular weight excluding hydrogens is 324 g/mol. The number of nitrogens with zero attached hydrogens (tertiary/aromatic N) is 1. The summed E-state index contributed by atoms with van der Waals surface area (Å²) < 4.78 is 22.9. The van der Waals surface area contributed by atoms with E-state index in [9.17, 15) is 23.1 Å². The highest BCUT2D eigenvalue weighted by Crippen LogP contribution is 2.23. The van der Waals surface area contributed by atoms with Crippen LogP contribution in [0, 0.1) is 0 Å². The standard InChI is InChI=1S/C14H18N2O6S/c15-23(21,22)10-7-12(17)16(8-10)11(13(18)14(19)20)6-9-4-2-1-3-5-9/h1-5,10-11,13,18H,6-8H2,(H,19,20)(H2,15,21,22)/t10?,11-,13+/m1/s1. The van der Waals surface area contributed by atoms with Crippen LogP contribution in [0.25, 0.3) is 0 Å². The molecule has 1 aromatic carbocycles. The fourth-order valence-electron chi connectivity index (χ4n) is 2.65. The maximum atomic E-state index is 12.1. The molecule has 1 aromatic rings. The van der Waals surface area contributed by atoms with Crippen LogP contribution in [0.4, 0.5) is 0 Å². The molecule has 0 aromatic heterocycles. The van der Waals surface area contributed by atoms with Crippen LogP contribution in [-0.4, -0.2) is 59.3 Å². The second-order valence-electron chi connectivity index (χ2n) is 5.50. The van der Waals surface area contributed by atoms with Crippen LogP contribution in [0.3, 0.4) is 0 Å². The summed E-state index contributed by atoms with van der Waals surface area (Å²) in [5.41, 5.74) is 0.727. The van der Waals surface area contributed by atoms with Crippen molar-refractivity contribution in [3.05, 3.63) is 35.9 Å². The number of nitrogens with two attached hydrogens (primary N) is 1. The number of amides is 1. The van der Waals surface area contributed by atoms with Crippen molar-refractivity contribution >= 4 is 21.9 Å². The first-order chi connectivity index (χ1) is 10.7. The van der Waals surface area contributed by atoms with E-state index in [2.05, 4.69) is 0 Å². The third-order valence-corrected chi connectivity index (χ3v) is 5.14. The van der Waals surface area contributed by atoms with Gasteiger partial charge in [-0.25, -0.2) is 18.4 Å². The second-order valence-corrected chi connectivity index (χ2v) is 7.35. The molecule has 1 amide bonds. The summed E-state index contributed by atoms with van der Waals surface area (Å²) >= 11 is 0. The van der Waals surface area contributed by atoms with Gasteiger partial charge in [-0.1, -0.05) is 30.3 Å². The molecule has 3 atom stereocenters. The lowest BCUT2D eigenvalue weighted by atomic mass is 10.00. The van der Waals surface area contributed by atoms with Crippen LogP contribution >= 0.6 is 0 Å². The number of sulfonamides is 1. The van der Waals surface area contributed by atoms with Gasteiger partial charge >= 0.3 is 5.97 Å². The van der Waals surface area contributed by atoms with Gasteiger partial charge in [-0.2, -0.15) is 0 Å². The minimum atomic E-state index is -3.91. The predicted molar refractivity (Wildman–Crippen MR) is 80.8 cm³/mol. The Morgan fingerprint density at radius 3 is 2.43 bits per heavy atom. The zero-order valence-corrected chi connectivity index (χ0v) is 13.0. The number of likely N-dealkylation sites (tertiary alicyclic amines) is 1. The summed E-state index contributed by atoms with van der Waals surface area (Å²) in [6.07, 6.45) is -2.04. The molecule has 0 bridgehead atoms. The molecule has 1 aliphatic heterocycles. The molecule has 23 heavy (non-hydrogen) atoms. The Balaban J connectivity index is 2.27. The van der Waals surface area contributed by atoms with Crippen molar-refractivity contribution in [2.24, 2.45) is 5.14 Å². The molecule has 1 fully saturated rings. The molecule has 0 aliphatic carbocycles. The maximum absolute atomic E-state index is 12.1. The largest absolute Gasteiger partial charge is 0.479 e. The van der Waals surface area contributed by atoms with Crippen molar-refractivity contribution in [2.45, 2.75) is 30.2 Å². The fraction of sp³-hybridized carbons (Fsp3) is 0.429. The van der Waals surface area contributed by atoms with E-state index in [-0.39, 0.29) is 19.4 Å². The number of rotatable bonds is 6. The highest BCUT2D eigenvalue weighted by atomic mass is 32.2. The Hall–Kier alpha value is -1.97. The molecule has 126 valence electrons. The minimum absolute atomic E-state index is 0.0946. The van der Waals surface area contributed by atoms with Gasteiger partial charge in [0.1, 0.15) is 5.25 Å². The Kier molecular flexibility index (Phi) is 5.03. The van der Waals surface area contributed by atoms with Gasteiger partial charge in [-0.15, -0.1) is 0 Å². The average molecular weight is 342 g/mol. The van der Waals surface area contributed by atoms with Crippen molar-refractivity contribution < 1.29 is 28.2 Å². The van der Waals surface area contributed by atoms with Gasteiger partial charge in [-0.3, -0.25) is 4.79 Å². The zero-order chi connectivity index (χ0) is 17.2. The number of hydrogen-bond donors (Lipinski definition) is 3. The Morgan fingerprint density at radius 2 is 1.96 bits per heavy atom. The molecule has 0 spiro atoms. The summed E-state index contributed by atoms with van der Waals surface area (Å²) in [5.74, 6) is -2.01. The van der Waals surface area contributed by atoms with Gasteiger partial charge in [0.25, 0.3) is 0 Å². The lowest BCUT2D eigenvalue weighted by Gasteiger charge is -2.30. The number of benzene rings is 1. The molecule has 0 saturated carbocycles. The van der Waals surface area contributed by atoms with Crippen molar-refractivity contribution in [3.8, 4) is 0 Å². The van der Waals surface area contributed by atoms with E-state index in [1.165, 1.54) is 0 Å². The first-order valence-electron chi connectivity index (χ1n) is 6.96. The smallest absolute Gasteiger partial charge is 0.334 e. The van der Waals surface area contributed by atoms with Crippen LogP contribution in [0.15, 0.2) is 30.3 Å². The Morgan fingerprint density at radius 1 is 1.35 bits per heavy atom. The number of hydrogen-bond acceptors (Lipinski definition) is 5. The third kappa shape index (κ3) is 4.06. The number of carboxylic acid groups (broad SMARTS) is 1. The topological polar surface area (TPSA) is 138 Å². The molecule has 9 heteroatoms. The molecule has 4 N–H and O–H groups in total. The lowest BCUT2D eigenvalue weighted by Crippen LogP contribution is -2.49. The van der Waals surface area contributed by atoms with E-state index >= 15 is 0 Å². The van der Waals surface area contributed by atoms with Gasteiger partial charge in [0.15, 0.2) is 6.10 Å². The molecule has 1 heterocycles. The van der Waals surface area contributed by atoms with Crippen LogP contribution in [-0.2, 0) is 26.0 Å². The van der Waals surface area contributed by atoms with Crippen molar-refractivity contribution in [2.75, 3.05) is 6.54 Å². The van der Waals surface area contributed by atoms with Gasteiger partial charge in [0.2, 0.25) is 15.9 Å².